The second-order valence-corrected chi connectivity index (χ2v) is 10.2. The van der Waals surface area contributed by atoms with Crippen molar-refractivity contribution in [1.82, 2.24) is 16.8 Å². The van der Waals surface area contributed by atoms with Crippen LogP contribution in [0.25, 0.3) is 0 Å². The molecule has 1 rings (SSSR count). The van der Waals surface area contributed by atoms with Crippen molar-refractivity contribution in [2.45, 2.75) is 58.8 Å². The number of aldehydes is 1. The van der Waals surface area contributed by atoms with Crippen molar-refractivity contribution in [3.05, 3.63) is 6.57 Å². The van der Waals surface area contributed by atoms with Gasteiger partial charge in [0.2, 0.25) is 0 Å². The summed E-state index contributed by atoms with van der Waals surface area (Å²) in [5, 5.41) is 55.9. The molecule has 1 heterocycles. The molecule has 1 saturated heterocycles. The minimum atomic E-state index is -1.01. The van der Waals surface area contributed by atoms with E-state index in [-0.39, 0.29) is 251 Å². The fourth-order valence-corrected chi connectivity index (χ4v) is 3.35. The van der Waals surface area contributed by atoms with Gasteiger partial charge in [-0.2, -0.15) is 57.6 Å². The van der Waals surface area contributed by atoms with Gasteiger partial charge in [-0.1, -0.05) is 14.9 Å². The van der Waals surface area contributed by atoms with Gasteiger partial charge in [0, 0.05) is 18.6 Å². The topological polar surface area (TPSA) is 277 Å². The van der Waals surface area contributed by atoms with Gasteiger partial charge in [-0.25, -0.2) is 4.79 Å². The quantitative estimate of drug-likeness (QED) is 0.0296. The molecule has 3 atom stereocenters. The molecule has 0 aliphatic carbocycles. The van der Waals surface area contributed by atoms with E-state index in [4.69, 9.17) is 32.4 Å². The summed E-state index contributed by atoms with van der Waals surface area (Å²) in [7, 11) is 0. The molecule has 5 N–H and O–H groups in total. The number of thioether (sulfide) groups is 4. The first-order valence-electron chi connectivity index (χ1n) is 10.7. The number of nitrogens with zero attached hydrogens (tertiary/aromatic N) is 3. The Morgan fingerprint density at radius 2 is 1.20 bits per heavy atom. The molecule has 0 aromatic rings. The molecule has 0 radical (unpaired) electrons. The summed E-state index contributed by atoms with van der Waals surface area (Å²) in [4.78, 5) is 42.3. The number of amides is 3. The van der Waals surface area contributed by atoms with E-state index in [1.165, 1.54) is 0 Å². The predicted molar refractivity (Wildman–Crippen MR) is 168 cm³/mol. The van der Waals surface area contributed by atoms with Gasteiger partial charge in [-0.15, -0.1) is 0 Å². The molecule has 0 aromatic heterocycles. The number of carbonyl (C=O) groups is 4. The maximum Gasteiger partial charge on any atom is 1.00 e. The normalized spacial score (nSPS) is 11.5. The third kappa shape index (κ3) is 82.0. The fourth-order valence-electron chi connectivity index (χ4n) is 1.64. The number of urea groups is 1. The van der Waals surface area contributed by atoms with Gasteiger partial charge in [0.25, 0.3) is 12.4 Å². The van der Waals surface area contributed by atoms with Crippen molar-refractivity contribution in [1.29, 1.82) is 15.8 Å². The van der Waals surface area contributed by atoms with Crippen LogP contribution in [0.4, 0.5) is 4.79 Å². The van der Waals surface area contributed by atoms with Gasteiger partial charge in [0.15, 0.2) is 0 Å². The first kappa shape index (κ1) is 83.4. The molecule has 46 heavy (non-hydrogen) atoms. The van der Waals surface area contributed by atoms with Gasteiger partial charge in [-0.3, -0.25) is 14.9 Å². The summed E-state index contributed by atoms with van der Waals surface area (Å²) in [6.45, 7) is 4.57. The number of hydrogen-bond donors (Lipinski definition) is 3. The summed E-state index contributed by atoms with van der Waals surface area (Å²) < 4.78 is 0. The Labute approximate surface area is 464 Å². The minimum Gasteiger partial charge on any atom is -0.841 e. The first-order chi connectivity index (χ1) is 18.7. The number of carbonyl (C=O) groups excluding carboxylic acids is 4. The summed E-state index contributed by atoms with van der Waals surface area (Å²) in [5.74, 6) is 3.23. The van der Waals surface area contributed by atoms with Gasteiger partial charge < -0.3 is 48.5 Å². The average molecular weight is 831 g/mol. The molecule has 0 spiro atoms. The molecule has 14 nitrogen and oxygen atoms in total. The summed E-state index contributed by atoms with van der Waals surface area (Å²) in [6.07, 6.45) is 9.06. The summed E-state index contributed by atoms with van der Waals surface area (Å²) >= 11 is 6.54. The summed E-state index contributed by atoms with van der Waals surface area (Å²) in [6, 6.07) is 2.58. The maximum atomic E-state index is 10.9. The largest absolute Gasteiger partial charge is 1.00 e. The molecule has 0 aromatic carbocycles. The minimum absolute atomic E-state index is 0. The SMILES string of the molecule is C.C.CSCCC([O-])C#N.CSCCC([O-])C#N.CSCCC1NC(=O)NC1=O.CSCCC=O.N.O=CO[O-].[C-]#N.[K+].[K+].[K+].[K+]. The third-order valence-corrected chi connectivity index (χ3v) is 5.98. The molecule has 1 fully saturated rings. The van der Waals surface area contributed by atoms with Crippen LogP contribution in [0.3, 0.4) is 0 Å². The molecule has 22 heteroatoms. The Morgan fingerprint density at radius 3 is 1.39 bits per heavy atom. The van der Waals surface area contributed by atoms with Gasteiger partial charge in [-0.05, 0) is 79.5 Å². The van der Waals surface area contributed by atoms with E-state index in [1.54, 1.807) is 59.2 Å². The zero-order chi connectivity index (χ0) is 31.3. The fraction of sp³-hybridized carbons (Fsp3) is 0.708. The zero-order valence-corrected chi connectivity index (χ0v) is 42.7. The smallest absolute Gasteiger partial charge is 0.841 e. The molecule has 248 valence electrons. The van der Waals surface area contributed by atoms with Crippen LogP contribution in [-0.4, -0.2) is 91.0 Å². The van der Waals surface area contributed by atoms with Gasteiger partial charge >= 0.3 is 212 Å². The number of nitrogens with one attached hydrogen (secondary N) is 2. The van der Waals surface area contributed by atoms with Crippen molar-refractivity contribution in [2.75, 3.05) is 48.0 Å². The molecule has 0 bridgehead atoms. The molecule has 3 amide bonds. The molecular formula is C24H46K4N6O8S4. The standard InChI is InChI=1S/C6H10N2O2S.2C5H8NOS.C4H8OS.CN.CH2O3.2CH4.4K.H3N/c1-11-3-2-4-5(9)8-6(10)7-4;2*1-8-3-2-5(7)4-6;1-6-4-2-3-5;1-2;2-1-4-3;;;;;;;/h4H,2-3H2,1H3,(H2,7,8,9,10);2*5H,2-3H2,1H3;3H,2,4H2,1H3;;1,3H;2*1H4;;;;;1H3/q;2*-1;;-1;;;;4*+1;/p-1. The van der Waals surface area contributed by atoms with Crippen molar-refractivity contribution in [3.8, 4) is 12.1 Å². The third-order valence-electron chi connectivity index (χ3n) is 3.40. The van der Waals surface area contributed by atoms with Crippen LogP contribution in [0.2, 0.25) is 0 Å². The first-order valence-corrected chi connectivity index (χ1v) is 16.3. The van der Waals surface area contributed by atoms with E-state index >= 15 is 0 Å². The van der Waals surface area contributed by atoms with Crippen LogP contribution in [0.5, 0.6) is 0 Å². The molecule has 1 aliphatic rings. The number of nitriles is 2. The van der Waals surface area contributed by atoms with Gasteiger partial charge in [0.1, 0.15) is 12.3 Å². The summed E-state index contributed by atoms with van der Waals surface area (Å²) in [5.41, 5.74) is 0. The Kier molecular flexibility index (Phi) is 142. The average Bonchev–Trinajstić information content (AvgIpc) is 3.30. The van der Waals surface area contributed by atoms with Crippen LogP contribution in [0, 0.1) is 34.5 Å². The van der Waals surface area contributed by atoms with E-state index in [1.807, 2.05) is 25.0 Å². The molecule has 3 unspecified atom stereocenters. The number of imide groups is 1. The molecule has 1 aliphatic heterocycles. The Morgan fingerprint density at radius 1 is 0.848 bits per heavy atom. The number of rotatable bonds is 13. The van der Waals surface area contributed by atoms with Crippen LogP contribution in [-0.2, 0) is 19.3 Å². The van der Waals surface area contributed by atoms with Crippen LogP contribution in [0.15, 0.2) is 0 Å². The van der Waals surface area contributed by atoms with Crippen molar-refractivity contribution >= 4 is 71.7 Å². The van der Waals surface area contributed by atoms with Gasteiger partial charge in [0.05, 0.1) is 0 Å². The van der Waals surface area contributed by atoms with E-state index in [2.05, 4.69) is 15.5 Å². The Hall–Kier alpha value is 4.34. The van der Waals surface area contributed by atoms with E-state index in [9.17, 15) is 24.6 Å². The van der Waals surface area contributed by atoms with Crippen LogP contribution >= 0.6 is 47.0 Å². The van der Waals surface area contributed by atoms with E-state index in [0.717, 1.165) is 29.3 Å². The maximum absolute atomic E-state index is 10.9. The predicted octanol–water partition coefficient (Wildman–Crippen LogP) is -11.1. The Balaban J connectivity index is -0.0000000307. The zero-order valence-electron chi connectivity index (χ0n) is 27.0. The number of hydrogen-bond acceptors (Lipinski definition) is 16. The monoisotopic (exact) mass is 830 g/mol. The Bertz CT molecular complexity index is 694. The second-order valence-electron chi connectivity index (χ2n) is 6.24. The van der Waals surface area contributed by atoms with E-state index < -0.39 is 12.2 Å². The van der Waals surface area contributed by atoms with Crippen LogP contribution in [0.1, 0.15) is 40.5 Å². The van der Waals surface area contributed by atoms with Crippen molar-refractivity contribution in [3.63, 3.8) is 0 Å². The van der Waals surface area contributed by atoms with E-state index in [0.29, 0.717) is 25.7 Å². The second kappa shape index (κ2) is 78.4. The van der Waals surface area contributed by atoms with Crippen molar-refractivity contribution < 1.29 is 245 Å². The van der Waals surface area contributed by atoms with Crippen LogP contribution < -0.4 is 238 Å². The molecular weight excluding hydrogens is 785 g/mol. The molecule has 0 saturated carbocycles. The van der Waals surface area contributed by atoms with Crippen molar-refractivity contribution in [2.24, 2.45) is 0 Å².